The van der Waals surface area contributed by atoms with E-state index in [-0.39, 0.29) is 5.56 Å². The van der Waals surface area contributed by atoms with Crippen LogP contribution in [0.3, 0.4) is 0 Å². The molecule has 0 saturated carbocycles. The molecule has 90 valence electrons. The van der Waals surface area contributed by atoms with Crippen LogP contribution in [0.1, 0.15) is 0 Å². The number of nitrogen functional groups attached to an aromatic ring is 1. The first-order valence-electron chi connectivity index (χ1n) is 5.09. The average molecular weight is 260 g/mol. The van der Waals surface area contributed by atoms with Gasteiger partial charge >= 0.3 is 0 Å². The summed E-state index contributed by atoms with van der Waals surface area (Å²) in [6, 6.07) is 6.62. The number of H-pyrrole nitrogens is 1. The zero-order valence-corrected chi connectivity index (χ0v) is 9.90. The lowest BCUT2D eigenvalue weighted by Gasteiger charge is -1.92. The first kappa shape index (κ1) is 10.8. The predicted octanol–water partition coefficient (Wildman–Crippen LogP) is 1.64. The summed E-state index contributed by atoms with van der Waals surface area (Å²) in [7, 11) is 0. The Kier molecular flexibility index (Phi) is 2.52. The van der Waals surface area contributed by atoms with Gasteiger partial charge in [0, 0.05) is 17.8 Å². The highest BCUT2D eigenvalue weighted by Gasteiger charge is 2.08. The highest BCUT2D eigenvalue weighted by Crippen LogP contribution is 2.28. The Morgan fingerprint density at radius 2 is 2.22 bits per heavy atom. The minimum Gasteiger partial charge on any atom is -0.431 e. The van der Waals surface area contributed by atoms with Crippen LogP contribution in [-0.2, 0) is 0 Å². The third-order valence-corrected chi connectivity index (χ3v) is 3.02. The van der Waals surface area contributed by atoms with Gasteiger partial charge in [-0.1, -0.05) is 0 Å². The van der Waals surface area contributed by atoms with Gasteiger partial charge in [0.15, 0.2) is 5.58 Å². The van der Waals surface area contributed by atoms with Gasteiger partial charge < -0.3 is 15.1 Å². The Bertz CT molecular complexity index is 765. The monoisotopic (exact) mass is 260 g/mol. The number of hydrogen-bond acceptors (Lipinski definition) is 6. The summed E-state index contributed by atoms with van der Waals surface area (Å²) in [6.07, 6.45) is 1.34. The third kappa shape index (κ3) is 2.07. The molecule has 2 aromatic heterocycles. The maximum Gasteiger partial charge on any atom is 0.263 e. The second-order valence-electron chi connectivity index (χ2n) is 3.56. The molecule has 1 aromatic carbocycles. The van der Waals surface area contributed by atoms with Gasteiger partial charge in [0.05, 0.1) is 6.33 Å². The molecule has 0 aliphatic rings. The van der Waals surface area contributed by atoms with Crippen molar-refractivity contribution < 1.29 is 4.42 Å². The zero-order chi connectivity index (χ0) is 12.5. The Morgan fingerprint density at radius 3 is 3.06 bits per heavy atom. The van der Waals surface area contributed by atoms with Crippen LogP contribution < -0.4 is 11.3 Å². The zero-order valence-electron chi connectivity index (χ0n) is 9.08. The van der Waals surface area contributed by atoms with Gasteiger partial charge in [0.2, 0.25) is 0 Å². The SMILES string of the molecule is Nc1ccc2nc(Sc3cc(=O)[nH]cn3)oc2c1. The molecule has 0 aliphatic carbocycles. The first-order valence-corrected chi connectivity index (χ1v) is 5.91. The summed E-state index contributed by atoms with van der Waals surface area (Å²) < 4.78 is 5.51. The number of aromatic nitrogens is 3. The van der Waals surface area contributed by atoms with E-state index in [2.05, 4.69) is 15.0 Å². The van der Waals surface area contributed by atoms with Crippen LogP contribution in [0.15, 0.2) is 50.1 Å². The van der Waals surface area contributed by atoms with E-state index >= 15 is 0 Å². The number of nitrogens with zero attached hydrogens (tertiary/aromatic N) is 2. The number of benzene rings is 1. The smallest absolute Gasteiger partial charge is 0.263 e. The van der Waals surface area contributed by atoms with Crippen LogP contribution in [0.25, 0.3) is 11.1 Å². The first-order chi connectivity index (χ1) is 8.70. The van der Waals surface area contributed by atoms with E-state index in [1.807, 2.05) is 0 Å². The normalized spacial score (nSPS) is 10.9. The van der Waals surface area contributed by atoms with E-state index in [0.717, 1.165) is 5.52 Å². The second-order valence-corrected chi connectivity index (χ2v) is 4.53. The molecule has 3 aromatic rings. The summed E-state index contributed by atoms with van der Waals surface area (Å²) in [5, 5.41) is 0.951. The lowest BCUT2D eigenvalue weighted by molar-refractivity contribution is 0.489. The van der Waals surface area contributed by atoms with Gasteiger partial charge in [-0.3, -0.25) is 4.79 Å². The maximum atomic E-state index is 11.1. The molecule has 0 aliphatic heterocycles. The van der Waals surface area contributed by atoms with Crippen LogP contribution in [-0.4, -0.2) is 15.0 Å². The van der Waals surface area contributed by atoms with Crippen molar-refractivity contribution in [2.45, 2.75) is 10.2 Å². The van der Waals surface area contributed by atoms with Crippen molar-refractivity contribution in [3.63, 3.8) is 0 Å². The Balaban J connectivity index is 1.98. The fourth-order valence-corrected chi connectivity index (χ4v) is 2.19. The lowest BCUT2D eigenvalue weighted by Crippen LogP contribution is -2.03. The maximum absolute atomic E-state index is 11.1. The Morgan fingerprint density at radius 1 is 1.33 bits per heavy atom. The molecule has 3 N–H and O–H groups in total. The van der Waals surface area contributed by atoms with Crippen molar-refractivity contribution in [1.29, 1.82) is 0 Å². The molecule has 0 bridgehead atoms. The fraction of sp³-hybridized carbons (Fsp3) is 0. The fourth-order valence-electron chi connectivity index (χ4n) is 1.46. The number of nitrogens with two attached hydrogens (primary N) is 1. The van der Waals surface area contributed by atoms with Crippen LogP contribution in [0.5, 0.6) is 0 Å². The second kappa shape index (κ2) is 4.19. The summed E-state index contributed by atoms with van der Waals surface area (Å²) in [5.74, 6) is 0. The molecule has 18 heavy (non-hydrogen) atoms. The molecular weight excluding hydrogens is 252 g/mol. The van der Waals surface area contributed by atoms with E-state index in [0.29, 0.717) is 21.5 Å². The number of hydrogen-bond donors (Lipinski definition) is 2. The largest absolute Gasteiger partial charge is 0.431 e. The van der Waals surface area contributed by atoms with Crippen LogP contribution in [0, 0.1) is 0 Å². The molecule has 7 heteroatoms. The van der Waals surface area contributed by atoms with Gasteiger partial charge in [0.25, 0.3) is 10.8 Å². The van der Waals surface area contributed by atoms with Gasteiger partial charge in [0.1, 0.15) is 10.5 Å². The molecule has 0 atom stereocenters. The summed E-state index contributed by atoms with van der Waals surface area (Å²) in [5.41, 5.74) is 7.39. The molecule has 0 amide bonds. The molecule has 0 fully saturated rings. The summed E-state index contributed by atoms with van der Waals surface area (Å²) in [6.45, 7) is 0. The number of nitrogens with one attached hydrogen (secondary N) is 1. The van der Waals surface area contributed by atoms with Crippen molar-refractivity contribution >= 4 is 28.5 Å². The van der Waals surface area contributed by atoms with Gasteiger partial charge in [-0.05, 0) is 23.9 Å². The topological polar surface area (TPSA) is 97.8 Å². The van der Waals surface area contributed by atoms with Crippen LogP contribution >= 0.6 is 11.8 Å². The van der Waals surface area contributed by atoms with Crippen molar-refractivity contribution in [2.24, 2.45) is 0 Å². The predicted molar refractivity (Wildman–Crippen MR) is 67.4 cm³/mol. The lowest BCUT2D eigenvalue weighted by atomic mass is 10.3. The highest BCUT2D eigenvalue weighted by atomic mass is 32.2. The molecule has 3 rings (SSSR count). The van der Waals surface area contributed by atoms with Crippen LogP contribution in [0.4, 0.5) is 5.69 Å². The molecule has 6 nitrogen and oxygen atoms in total. The number of rotatable bonds is 2. The van der Waals surface area contributed by atoms with Gasteiger partial charge in [-0.25, -0.2) is 9.97 Å². The number of fused-ring (bicyclic) bond motifs is 1. The minimum absolute atomic E-state index is 0.215. The summed E-state index contributed by atoms with van der Waals surface area (Å²) >= 11 is 1.18. The van der Waals surface area contributed by atoms with Crippen molar-refractivity contribution in [3.05, 3.63) is 40.9 Å². The van der Waals surface area contributed by atoms with Gasteiger partial charge in [-0.15, -0.1) is 0 Å². The average Bonchev–Trinajstić information content (AvgIpc) is 2.70. The minimum atomic E-state index is -0.215. The number of anilines is 1. The molecule has 0 spiro atoms. The highest BCUT2D eigenvalue weighted by molar-refractivity contribution is 7.99. The van der Waals surface area contributed by atoms with E-state index in [9.17, 15) is 4.79 Å². The quantitative estimate of drug-likeness (QED) is 0.537. The van der Waals surface area contributed by atoms with Crippen molar-refractivity contribution in [1.82, 2.24) is 15.0 Å². The molecule has 0 unspecified atom stereocenters. The van der Waals surface area contributed by atoms with E-state index < -0.39 is 0 Å². The number of aromatic amines is 1. The van der Waals surface area contributed by atoms with Crippen molar-refractivity contribution in [3.8, 4) is 0 Å². The Labute approximate surface area is 105 Å². The standard InChI is InChI=1S/C11H8N4O2S/c12-6-1-2-7-8(3-6)17-11(15-7)18-10-4-9(16)13-5-14-10/h1-5H,12H2,(H,13,14,16). The summed E-state index contributed by atoms with van der Waals surface area (Å²) in [4.78, 5) is 21.8. The molecule has 0 saturated heterocycles. The molecule has 2 heterocycles. The molecular formula is C11H8N4O2S. The van der Waals surface area contributed by atoms with E-state index in [1.54, 1.807) is 18.2 Å². The third-order valence-electron chi connectivity index (χ3n) is 2.24. The van der Waals surface area contributed by atoms with E-state index in [1.165, 1.54) is 24.2 Å². The van der Waals surface area contributed by atoms with Gasteiger partial charge in [-0.2, -0.15) is 0 Å². The van der Waals surface area contributed by atoms with Crippen molar-refractivity contribution in [2.75, 3.05) is 5.73 Å². The van der Waals surface area contributed by atoms with E-state index in [4.69, 9.17) is 10.2 Å². The van der Waals surface area contributed by atoms with Crippen LogP contribution in [0.2, 0.25) is 0 Å². The number of oxazole rings is 1. The molecule has 0 radical (unpaired) electrons. The Hall–Kier alpha value is -2.28.